The molecule has 0 heterocycles. The molecule has 154 valence electrons. The van der Waals surface area contributed by atoms with E-state index >= 15 is 0 Å². The lowest BCUT2D eigenvalue weighted by Crippen LogP contribution is -2.29. The van der Waals surface area contributed by atoms with E-state index in [0.717, 1.165) is 19.3 Å². The number of carbonyl (C=O) groups is 2. The van der Waals surface area contributed by atoms with E-state index in [1.807, 2.05) is 12.1 Å². The molecule has 0 saturated carbocycles. The van der Waals surface area contributed by atoms with E-state index < -0.39 is 22.1 Å². The van der Waals surface area contributed by atoms with Gasteiger partial charge in [-0.15, -0.1) is 0 Å². The summed E-state index contributed by atoms with van der Waals surface area (Å²) in [5.41, 5.74) is 2.95. The highest BCUT2D eigenvalue weighted by molar-refractivity contribution is 7.89. The van der Waals surface area contributed by atoms with Crippen LogP contribution in [0.3, 0.4) is 0 Å². The highest BCUT2D eigenvalue weighted by Crippen LogP contribution is 2.23. The summed E-state index contributed by atoms with van der Waals surface area (Å²) >= 11 is 5.81. The molecule has 6 nitrogen and oxygen atoms in total. The van der Waals surface area contributed by atoms with E-state index in [1.165, 1.54) is 36.2 Å². The first kappa shape index (κ1) is 21.5. The van der Waals surface area contributed by atoms with Gasteiger partial charge < -0.3 is 4.74 Å². The molecule has 2 aromatic carbocycles. The molecule has 8 heteroatoms. The van der Waals surface area contributed by atoms with Gasteiger partial charge in [0.25, 0.3) is 0 Å². The lowest BCUT2D eigenvalue weighted by Gasteiger charge is -2.13. The fourth-order valence-electron chi connectivity index (χ4n) is 3.27. The number of sulfonamides is 1. The minimum atomic E-state index is -3.78. The third-order valence-corrected chi connectivity index (χ3v) is 6.48. The summed E-state index contributed by atoms with van der Waals surface area (Å²) in [5, 5.41) is 0.297. The van der Waals surface area contributed by atoms with Crippen molar-refractivity contribution in [3.05, 3.63) is 64.2 Å². The lowest BCUT2D eigenvalue weighted by molar-refractivity contribution is -0.146. The second-order valence-corrected chi connectivity index (χ2v) is 9.14. The number of hydrogen-bond acceptors (Lipinski definition) is 5. The van der Waals surface area contributed by atoms with Crippen LogP contribution in [0.15, 0.2) is 47.4 Å². The number of esters is 1. The summed E-state index contributed by atoms with van der Waals surface area (Å²) in [4.78, 5) is 24.6. The van der Waals surface area contributed by atoms with Gasteiger partial charge >= 0.3 is 5.97 Å². The van der Waals surface area contributed by atoms with E-state index in [1.54, 1.807) is 12.1 Å². The number of benzene rings is 2. The van der Waals surface area contributed by atoms with E-state index in [0.29, 0.717) is 10.6 Å². The molecule has 0 radical (unpaired) electrons. The Balaban J connectivity index is 1.50. The van der Waals surface area contributed by atoms with Crippen LogP contribution < -0.4 is 4.72 Å². The highest BCUT2D eigenvalue weighted by Gasteiger charge is 2.22. The van der Waals surface area contributed by atoms with Crippen LogP contribution in [-0.4, -0.2) is 32.8 Å². The van der Waals surface area contributed by atoms with Crippen molar-refractivity contribution in [2.24, 2.45) is 0 Å². The van der Waals surface area contributed by atoms with Crippen molar-refractivity contribution in [2.45, 2.75) is 43.6 Å². The van der Waals surface area contributed by atoms with Crippen molar-refractivity contribution in [1.29, 1.82) is 0 Å². The fourth-order valence-corrected chi connectivity index (χ4v) is 4.61. The Hall–Kier alpha value is -2.22. The average molecular weight is 436 g/mol. The van der Waals surface area contributed by atoms with Gasteiger partial charge in [-0.05, 0) is 61.6 Å². The second kappa shape index (κ2) is 9.07. The monoisotopic (exact) mass is 435 g/mol. The van der Waals surface area contributed by atoms with Crippen LogP contribution in [0, 0.1) is 0 Å². The van der Waals surface area contributed by atoms with Gasteiger partial charge in [0, 0.05) is 17.1 Å². The van der Waals surface area contributed by atoms with Crippen LogP contribution in [-0.2, 0) is 32.4 Å². The Bertz CT molecular complexity index is 1040. The van der Waals surface area contributed by atoms with Crippen molar-refractivity contribution >= 4 is 33.4 Å². The number of Topliss-reactive ketones (excluding diaryl/α,β-unsaturated/α-hetero) is 1. The van der Waals surface area contributed by atoms with Crippen LogP contribution in [0.2, 0.25) is 5.02 Å². The van der Waals surface area contributed by atoms with Gasteiger partial charge in [-0.25, -0.2) is 13.1 Å². The molecule has 1 atom stereocenters. The van der Waals surface area contributed by atoms with Crippen LogP contribution in [0.5, 0.6) is 0 Å². The molecule has 0 saturated heterocycles. The van der Waals surface area contributed by atoms with Gasteiger partial charge in [-0.3, -0.25) is 9.59 Å². The number of fused-ring (bicyclic) bond motifs is 1. The molecular formula is C21H22ClNO5S. The number of halogens is 1. The standard InChI is InChI=1S/C21H22ClNO5S/c1-14(21(25)17-9-8-15-4-2-5-16(15)12-17)28-20(24)10-11-23-29(26,27)19-7-3-6-18(22)13-19/h3,6-9,12-14,23H,2,4-5,10-11H2,1H3. The van der Waals surface area contributed by atoms with Crippen molar-refractivity contribution in [3.8, 4) is 0 Å². The van der Waals surface area contributed by atoms with E-state index in [-0.39, 0.29) is 23.6 Å². The minimum Gasteiger partial charge on any atom is -0.454 e. The first-order chi connectivity index (χ1) is 13.8. The Morgan fingerprint density at radius 1 is 1.14 bits per heavy atom. The summed E-state index contributed by atoms with van der Waals surface area (Å²) < 4.78 is 31.9. The molecule has 0 aliphatic heterocycles. The summed E-state index contributed by atoms with van der Waals surface area (Å²) in [6.45, 7) is 1.37. The quantitative estimate of drug-likeness (QED) is 0.507. The largest absolute Gasteiger partial charge is 0.454 e. The lowest BCUT2D eigenvalue weighted by atomic mass is 10.0. The van der Waals surface area contributed by atoms with Crippen molar-refractivity contribution in [3.63, 3.8) is 0 Å². The van der Waals surface area contributed by atoms with Crippen molar-refractivity contribution < 1.29 is 22.7 Å². The maximum absolute atomic E-state index is 12.5. The van der Waals surface area contributed by atoms with Crippen LogP contribution >= 0.6 is 11.6 Å². The molecule has 1 aliphatic carbocycles. The SMILES string of the molecule is CC(OC(=O)CCNS(=O)(=O)c1cccc(Cl)c1)C(=O)c1ccc2c(c1)CCC2. The summed E-state index contributed by atoms with van der Waals surface area (Å²) in [6.07, 6.45) is 1.94. The maximum atomic E-state index is 12.5. The molecule has 29 heavy (non-hydrogen) atoms. The van der Waals surface area contributed by atoms with Gasteiger partial charge in [0.05, 0.1) is 11.3 Å². The number of ketones is 1. The number of aryl methyl sites for hydroxylation is 2. The van der Waals surface area contributed by atoms with Gasteiger partial charge in [0.1, 0.15) is 0 Å². The van der Waals surface area contributed by atoms with Crippen molar-refractivity contribution in [2.75, 3.05) is 6.54 Å². The van der Waals surface area contributed by atoms with Crippen LogP contribution in [0.25, 0.3) is 0 Å². The zero-order chi connectivity index (χ0) is 21.0. The third-order valence-electron chi connectivity index (χ3n) is 4.79. The van der Waals surface area contributed by atoms with Crippen LogP contribution in [0.1, 0.15) is 41.3 Å². The number of ether oxygens (including phenoxy) is 1. The zero-order valence-electron chi connectivity index (χ0n) is 16.0. The van der Waals surface area contributed by atoms with Gasteiger partial charge in [0.15, 0.2) is 6.10 Å². The zero-order valence-corrected chi connectivity index (χ0v) is 17.6. The number of rotatable bonds is 8. The Morgan fingerprint density at radius 3 is 2.66 bits per heavy atom. The van der Waals surface area contributed by atoms with E-state index in [9.17, 15) is 18.0 Å². The molecule has 3 rings (SSSR count). The average Bonchev–Trinajstić information content (AvgIpc) is 3.15. The molecule has 0 fully saturated rings. The smallest absolute Gasteiger partial charge is 0.307 e. The fraction of sp³-hybridized carbons (Fsp3) is 0.333. The number of nitrogens with one attached hydrogen (secondary N) is 1. The number of carbonyl (C=O) groups excluding carboxylic acids is 2. The Morgan fingerprint density at radius 2 is 1.90 bits per heavy atom. The van der Waals surface area contributed by atoms with Crippen molar-refractivity contribution in [1.82, 2.24) is 4.72 Å². The molecule has 1 N–H and O–H groups in total. The molecule has 0 spiro atoms. The normalized spacial score (nSPS) is 14.3. The van der Waals surface area contributed by atoms with E-state index in [4.69, 9.17) is 16.3 Å². The molecule has 0 amide bonds. The predicted octanol–water partition coefficient (Wildman–Crippen LogP) is 3.31. The van der Waals surface area contributed by atoms with Crippen LogP contribution in [0.4, 0.5) is 0 Å². The Labute approximate surface area is 175 Å². The van der Waals surface area contributed by atoms with Gasteiger partial charge in [-0.2, -0.15) is 0 Å². The molecule has 1 aliphatic rings. The predicted molar refractivity (Wildman–Crippen MR) is 110 cm³/mol. The molecule has 2 aromatic rings. The van der Waals surface area contributed by atoms with Gasteiger partial charge in [0.2, 0.25) is 15.8 Å². The maximum Gasteiger partial charge on any atom is 0.307 e. The first-order valence-corrected chi connectivity index (χ1v) is 11.2. The Kier molecular flexibility index (Phi) is 6.72. The first-order valence-electron chi connectivity index (χ1n) is 9.37. The third kappa shape index (κ3) is 5.44. The highest BCUT2D eigenvalue weighted by atomic mass is 35.5. The summed E-state index contributed by atoms with van der Waals surface area (Å²) in [5.74, 6) is -0.923. The molecule has 0 aromatic heterocycles. The summed E-state index contributed by atoms with van der Waals surface area (Å²) in [7, 11) is -3.78. The minimum absolute atomic E-state index is 0.0125. The second-order valence-electron chi connectivity index (χ2n) is 6.94. The van der Waals surface area contributed by atoms with E-state index in [2.05, 4.69) is 4.72 Å². The molecule has 0 bridgehead atoms. The van der Waals surface area contributed by atoms with Gasteiger partial charge in [-0.1, -0.05) is 29.8 Å². The molecular weight excluding hydrogens is 414 g/mol. The summed E-state index contributed by atoms with van der Waals surface area (Å²) in [6, 6.07) is 11.4. The topological polar surface area (TPSA) is 89.5 Å². The molecule has 1 unspecified atom stereocenters. The number of hydrogen-bond donors (Lipinski definition) is 1.